The Morgan fingerprint density at radius 2 is 2.15 bits per heavy atom. The lowest BCUT2D eigenvalue weighted by Crippen LogP contribution is -2.06. The predicted octanol–water partition coefficient (Wildman–Crippen LogP) is 2.49. The van der Waals surface area contributed by atoms with Gasteiger partial charge in [0.2, 0.25) is 0 Å². The molecule has 1 aromatic carbocycles. The van der Waals surface area contributed by atoms with Crippen LogP contribution in [0.4, 0.5) is 8.78 Å². The molecule has 3 heteroatoms. The van der Waals surface area contributed by atoms with E-state index in [1.54, 1.807) is 19.1 Å². The zero-order chi connectivity index (χ0) is 9.84. The van der Waals surface area contributed by atoms with Gasteiger partial charge in [0.05, 0.1) is 0 Å². The molecule has 0 aliphatic heterocycles. The minimum absolute atomic E-state index is 0.146. The summed E-state index contributed by atoms with van der Waals surface area (Å²) in [4.78, 5) is 0. The lowest BCUT2D eigenvalue weighted by molar-refractivity contribution is 0.316. The van der Waals surface area contributed by atoms with Crippen molar-refractivity contribution in [2.24, 2.45) is 5.73 Å². The van der Waals surface area contributed by atoms with Crippen LogP contribution in [0, 0.1) is 12.7 Å². The van der Waals surface area contributed by atoms with Crippen molar-refractivity contribution in [1.82, 2.24) is 0 Å². The third kappa shape index (κ3) is 2.25. The van der Waals surface area contributed by atoms with Gasteiger partial charge in [0.15, 0.2) is 0 Å². The van der Waals surface area contributed by atoms with Crippen LogP contribution in [0.3, 0.4) is 0 Å². The first-order valence-electron chi connectivity index (χ1n) is 4.26. The second-order valence-electron chi connectivity index (χ2n) is 3.02. The molecule has 13 heavy (non-hydrogen) atoms. The fourth-order valence-corrected chi connectivity index (χ4v) is 1.33. The zero-order valence-corrected chi connectivity index (χ0v) is 7.56. The Hall–Kier alpha value is -0.960. The van der Waals surface area contributed by atoms with E-state index in [1.807, 2.05) is 0 Å². The van der Waals surface area contributed by atoms with E-state index in [1.165, 1.54) is 6.07 Å². The molecule has 0 amide bonds. The highest BCUT2D eigenvalue weighted by atomic mass is 19.1. The molecule has 0 saturated carbocycles. The number of benzene rings is 1. The largest absolute Gasteiger partial charge is 0.330 e. The maximum absolute atomic E-state index is 13.3. The molecule has 0 aromatic heterocycles. The third-order valence-corrected chi connectivity index (χ3v) is 2.00. The normalized spacial score (nSPS) is 12.9. The van der Waals surface area contributed by atoms with Gasteiger partial charge in [-0.3, -0.25) is 0 Å². The van der Waals surface area contributed by atoms with Gasteiger partial charge < -0.3 is 5.73 Å². The van der Waals surface area contributed by atoms with Gasteiger partial charge >= 0.3 is 0 Å². The van der Waals surface area contributed by atoms with Gasteiger partial charge in [-0.1, -0.05) is 12.1 Å². The summed E-state index contributed by atoms with van der Waals surface area (Å²) >= 11 is 0. The van der Waals surface area contributed by atoms with Crippen molar-refractivity contribution in [3.63, 3.8) is 0 Å². The molecule has 0 spiro atoms. The molecule has 0 heterocycles. The van der Waals surface area contributed by atoms with Crippen LogP contribution in [0.5, 0.6) is 0 Å². The summed E-state index contributed by atoms with van der Waals surface area (Å²) in [5.41, 5.74) is 5.99. The van der Waals surface area contributed by atoms with Gasteiger partial charge in [0.25, 0.3) is 0 Å². The second-order valence-corrected chi connectivity index (χ2v) is 3.02. The Morgan fingerprint density at radius 1 is 1.46 bits per heavy atom. The van der Waals surface area contributed by atoms with Crippen LogP contribution in [-0.4, -0.2) is 6.54 Å². The topological polar surface area (TPSA) is 26.0 Å². The van der Waals surface area contributed by atoms with Crippen molar-refractivity contribution >= 4 is 0 Å². The first kappa shape index (κ1) is 10.1. The molecule has 0 aliphatic carbocycles. The van der Waals surface area contributed by atoms with E-state index < -0.39 is 12.0 Å². The molecule has 1 aromatic rings. The van der Waals surface area contributed by atoms with Crippen LogP contribution in [0.1, 0.15) is 23.7 Å². The average molecular weight is 185 g/mol. The van der Waals surface area contributed by atoms with Crippen LogP contribution in [-0.2, 0) is 0 Å². The number of halogens is 2. The molecule has 0 fully saturated rings. The lowest BCUT2D eigenvalue weighted by atomic mass is 10.0. The number of hydrogen-bond acceptors (Lipinski definition) is 1. The van der Waals surface area contributed by atoms with E-state index >= 15 is 0 Å². The average Bonchev–Trinajstić information content (AvgIpc) is 2.04. The quantitative estimate of drug-likeness (QED) is 0.769. The van der Waals surface area contributed by atoms with Crippen LogP contribution in [0.2, 0.25) is 0 Å². The van der Waals surface area contributed by atoms with Crippen molar-refractivity contribution in [3.05, 3.63) is 35.1 Å². The molecule has 2 N–H and O–H groups in total. The highest BCUT2D eigenvalue weighted by Gasteiger charge is 2.15. The van der Waals surface area contributed by atoms with Crippen LogP contribution < -0.4 is 5.73 Å². The van der Waals surface area contributed by atoms with Crippen molar-refractivity contribution in [1.29, 1.82) is 0 Å². The number of rotatable bonds is 3. The standard InChI is InChI=1S/C10H13F2N/c1-7-3-2-4-8(11)10(7)9(12)5-6-13/h2-4,9H,5-6,13H2,1H3. The van der Waals surface area contributed by atoms with E-state index in [2.05, 4.69) is 0 Å². The van der Waals surface area contributed by atoms with Crippen molar-refractivity contribution < 1.29 is 8.78 Å². The fourth-order valence-electron chi connectivity index (χ4n) is 1.33. The maximum Gasteiger partial charge on any atom is 0.129 e. The number of alkyl halides is 1. The van der Waals surface area contributed by atoms with E-state index in [-0.39, 0.29) is 18.5 Å². The fraction of sp³-hybridized carbons (Fsp3) is 0.400. The Bertz CT molecular complexity index is 266. The van der Waals surface area contributed by atoms with E-state index in [0.29, 0.717) is 5.56 Å². The highest BCUT2D eigenvalue weighted by molar-refractivity contribution is 5.29. The Morgan fingerprint density at radius 3 is 2.69 bits per heavy atom. The number of aryl methyl sites for hydroxylation is 1. The maximum atomic E-state index is 13.3. The molecule has 1 atom stereocenters. The molecule has 0 bridgehead atoms. The molecule has 72 valence electrons. The molecular formula is C10H13F2N. The van der Waals surface area contributed by atoms with Gasteiger partial charge in [-0.25, -0.2) is 8.78 Å². The van der Waals surface area contributed by atoms with Gasteiger partial charge in [-0.05, 0) is 31.5 Å². The van der Waals surface area contributed by atoms with Crippen molar-refractivity contribution in [2.45, 2.75) is 19.5 Å². The Balaban J connectivity index is 2.98. The van der Waals surface area contributed by atoms with E-state index in [0.717, 1.165) is 0 Å². The summed E-state index contributed by atoms with van der Waals surface area (Å²) in [6.07, 6.45) is -1.12. The van der Waals surface area contributed by atoms with Crippen LogP contribution >= 0.6 is 0 Å². The second kappa shape index (κ2) is 4.33. The van der Waals surface area contributed by atoms with Gasteiger partial charge in [0.1, 0.15) is 12.0 Å². The monoisotopic (exact) mass is 185 g/mol. The summed E-state index contributed by atoms with van der Waals surface area (Å²) in [5.74, 6) is -0.485. The van der Waals surface area contributed by atoms with Crippen LogP contribution in [0.15, 0.2) is 18.2 Å². The molecule has 1 rings (SSSR count). The van der Waals surface area contributed by atoms with E-state index in [9.17, 15) is 8.78 Å². The first-order valence-corrected chi connectivity index (χ1v) is 4.26. The predicted molar refractivity (Wildman–Crippen MR) is 48.7 cm³/mol. The minimum Gasteiger partial charge on any atom is -0.330 e. The zero-order valence-electron chi connectivity index (χ0n) is 7.56. The summed E-state index contributed by atoms with van der Waals surface area (Å²) in [6, 6.07) is 4.54. The summed E-state index contributed by atoms with van der Waals surface area (Å²) < 4.78 is 26.5. The molecule has 0 aliphatic rings. The van der Waals surface area contributed by atoms with Gasteiger partial charge in [-0.15, -0.1) is 0 Å². The highest BCUT2D eigenvalue weighted by Crippen LogP contribution is 2.26. The minimum atomic E-state index is -1.29. The van der Waals surface area contributed by atoms with Crippen LogP contribution in [0.25, 0.3) is 0 Å². The molecule has 0 radical (unpaired) electrons. The third-order valence-electron chi connectivity index (χ3n) is 2.00. The van der Waals surface area contributed by atoms with Gasteiger partial charge in [0, 0.05) is 5.56 Å². The SMILES string of the molecule is Cc1cccc(F)c1C(F)CCN. The molecule has 1 nitrogen and oxygen atoms in total. The number of nitrogens with two attached hydrogens (primary N) is 1. The molecule has 0 saturated heterocycles. The Labute approximate surface area is 76.6 Å². The summed E-state index contributed by atoms with van der Waals surface area (Å²) in [5, 5.41) is 0. The summed E-state index contributed by atoms with van der Waals surface area (Å²) in [6.45, 7) is 1.93. The van der Waals surface area contributed by atoms with Crippen molar-refractivity contribution in [2.75, 3.05) is 6.54 Å². The van der Waals surface area contributed by atoms with E-state index in [4.69, 9.17) is 5.73 Å². The number of hydrogen-bond donors (Lipinski definition) is 1. The Kier molecular flexibility index (Phi) is 3.37. The first-order chi connectivity index (χ1) is 6.16. The lowest BCUT2D eigenvalue weighted by Gasteiger charge is -2.10. The van der Waals surface area contributed by atoms with Gasteiger partial charge in [-0.2, -0.15) is 0 Å². The van der Waals surface area contributed by atoms with Crippen molar-refractivity contribution in [3.8, 4) is 0 Å². The smallest absolute Gasteiger partial charge is 0.129 e. The molecule has 1 unspecified atom stereocenters. The summed E-state index contributed by atoms with van der Waals surface area (Å²) in [7, 11) is 0. The molecular weight excluding hydrogens is 172 g/mol.